The second-order valence-corrected chi connectivity index (χ2v) is 10.1. The molecule has 9 heteroatoms. The van der Waals surface area contributed by atoms with E-state index in [2.05, 4.69) is 21.2 Å². The Kier molecular flexibility index (Phi) is 7.64. The summed E-state index contributed by atoms with van der Waals surface area (Å²) < 4.78 is 11.6. The van der Waals surface area contributed by atoms with Crippen molar-refractivity contribution in [1.82, 2.24) is 5.32 Å². The molecule has 1 N–H and O–H groups in total. The molecule has 4 rings (SSSR count). The maximum absolute atomic E-state index is 13.2. The summed E-state index contributed by atoms with van der Waals surface area (Å²) in [5.74, 6) is 0.908. The minimum atomic E-state index is -0.231. The van der Waals surface area contributed by atoms with Crippen LogP contribution in [0.4, 0.5) is 11.4 Å². The van der Waals surface area contributed by atoms with E-state index in [-0.39, 0.29) is 24.8 Å². The zero-order valence-electron chi connectivity index (χ0n) is 18.8. The Morgan fingerprint density at radius 2 is 1.91 bits per heavy atom. The SMILES string of the molecule is COc1ccc(CCNC(=O)CN2C(=O)CC(c3ccc(Br)s3)=Nc3ccccc32)cc1OC. The summed E-state index contributed by atoms with van der Waals surface area (Å²) in [6, 6.07) is 16.9. The number of anilines is 1. The highest BCUT2D eigenvalue weighted by atomic mass is 79.9. The van der Waals surface area contributed by atoms with Crippen molar-refractivity contribution in [2.24, 2.45) is 4.99 Å². The van der Waals surface area contributed by atoms with E-state index in [9.17, 15) is 9.59 Å². The molecule has 0 saturated carbocycles. The number of nitrogens with one attached hydrogen (secondary N) is 1. The van der Waals surface area contributed by atoms with Crippen LogP contribution in [0, 0.1) is 0 Å². The van der Waals surface area contributed by atoms with Crippen LogP contribution >= 0.6 is 27.3 Å². The molecule has 1 aliphatic heterocycles. The smallest absolute Gasteiger partial charge is 0.240 e. The lowest BCUT2D eigenvalue weighted by atomic mass is 10.1. The zero-order valence-corrected chi connectivity index (χ0v) is 21.2. The summed E-state index contributed by atoms with van der Waals surface area (Å²) in [7, 11) is 3.18. The molecule has 0 fully saturated rings. The molecule has 1 aromatic heterocycles. The fourth-order valence-electron chi connectivity index (χ4n) is 3.71. The summed E-state index contributed by atoms with van der Waals surface area (Å²) in [4.78, 5) is 33.1. The van der Waals surface area contributed by atoms with Crippen molar-refractivity contribution in [2.75, 3.05) is 32.2 Å². The Hall–Kier alpha value is -3.17. The van der Waals surface area contributed by atoms with Gasteiger partial charge < -0.3 is 19.7 Å². The van der Waals surface area contributed by atoms with E-state index in [1.807, 2.05) is 54.6 Å². The van der Waals surface area contributed by atoms with Crippen molar-refractivity contribution in [3.63, 3.8) is 0 Å². The van der Waals surface area contributed by atoms with E-state index in [1.165, 1.54) is 16.2 Å². The first-order valence-corrected chi connectivity index (χ1v) is 12.3. The van der Waals surface area contributed by atoms with Gasteiger partial charge in [0.15, 0.2) is 11.5 Å². The number of para-hydroxylation sites is 2. The molecule has 1 aliphatic rings. The number of hydrogen-bond acceptors (Lipinski definition) is 6. The van der Waals surface area contributed by atoms with Crippen LogP contribution < -0.4 is 19.7 Å². The van der Waals surface area contributed by atoms with E-state index >= 15 is 0 Å². The van der Waals surface area contributed by atoms with Crippen molar-refractivity contribution in [3.8, 4) is 11.5 Å². The monoisotopic (exact) mass is 541 g/mol. The number of carbonyl (C=O) groups excluding carboxylic acids is 2. The van der Waals surface area contributed by atoms with Crippen molar-refractivity contribution in [1.29, 1.82) is 0 Å². The van der Waals surface area contributed by atoms with Gasteiger partial charge in [0.1, 0.15) is 6.54 Å². The first kappa shape index (κ1) is 24.0. The number of methoxy groups -OCH3 is 2. The van der Waals surface area contributed by atoms with E-state index in [0.717, 1.165) is 14.2 Å². The van der Waals surface area contributed by atoms with Crippen molar-refractivity contribution in [2.45, 2.75) is 12.8 Å². The third-order valence-electron chi connectivity index (χ3n) is 5.39. The van der Waals surface area contributed by atoms with Crippen LogP contribution in [0.15, 0.2) is 63.4 Å². The predicted molar refractivity (Wildman–Crippen MR) is 138 cm³/mol. The molecule has 3 aromatic rings. The molecule has 176 valence electrons. The number of ether oxygens (including phenoxy) is 2. The summed E-state index contributed by atoms with van der Waals surface area (Å²) >= 11 is 5.00. The van der Waals surface area contributed by atoms with Crippen LogP contribution in [0.3, 0.4) is 0 Å². The average Bonchev–Trinajstić information content (AvgIpc) is 3.22. The molecular formula is C25H24BrN3O4S. The first-order chi connectivity index (χ1) is 16.5. The zero-order chi connectivity index (χ0) is 24.1. The van der Waals surface area contributed by atoms with Gasteiger partial charge in [-0.1, -0.05) is 18.2 Å². The van der Waals surface area contributed by atoms with Crippen molar-refractivity contribution < 1.29 is 19.1 Å². The molecule has 7 nitrogen and oxygen atoms in total. The Balaban J connectivity index is 1.43. The predicted octanol–water partition coefficient (Wildman–Crippen LogP) is 4.74. The third-order valence-corrected chi connectivity index (χ3v) is 7.06. The van der Waals surface area contributed by atoms with Crippen LogP contribution in [0.2, 0.25) is 0 Å². The summed E-state index contributed by atoms with van der Waals surface area (Å²) in [5, 5.41) is 2.92. The number of thiophene rings is 1. The minimum absolute atomic E-state index is 0.0707. The fraction of sp³-hybridized carbons (Fsp3) is 0.240. The maximum atomic E-state index is 13.2. The van der Waals surface area contributed by atoms with Gasteiger partial charge in [-0.05, 0) is 64.3 Å². The maximum Gasteiger partial charge on any atom is 0.240 e. The molecular weight excluding hydrogens is 518 g/mol. The number of rotatable bonds is 8. The highest BCUT2D eigenvalue weighted by Crippen LogP contribution is 2.34. The molecule has 34 heavy (non-hydrogen) atoms. The lowest BCUT2D eigenvalue weighted by Crippen LogP contribution is -2.41. The van der Waals surface area contributed by atoms with Crippen molar-refractivity contribution >= 4 is 56.2 Å². The standard InChI is InChI=1S/C25H24BrN3O4S/c1-32-20-8-7-16(13-21(20)33-2)11-12-27-24(30)15-29-19-6-4-3-5-17(19)28-18(14-25(29)31)22-9-10-23(26)34-22/h3-10,13H,11-12,14-15H2,1-2H3,(H,27,30). The van der Waals surface area contributed by atoms with Crippen LogP contribution in [0.5, 0.6) is 11.5 Å². The largest absolute Gasteiger partial charge is 0.493 e. The van der Waals surface area contributed by atoms with E-state index < -0.39 is 0 Å². The van der Waals surface area contributed by atoms with Gasteiger partial charge in [0, 0.05) is 6.54 Å². The summed E-state index contributed by atoms with van der Waals surface area (Å²) in [6.45, 7) is 0.363. The number of hydrogen-bond donors (Lipinski definition) is 1. The number of benzene rings is 2. The third kappa shape index (κ3) is 5.48. The Morgan fingerprint density at radius 3 is 2.65 bits per heavy atom. The number of fused-ring (bicyclic) bond motifs is 1. The van der Waals surface area contributed by atoms with Gasteiger partial charge in [-0.3, -0.25) is 9.59 Å². The molecule has 2 amide bonds. The Morgan fingerprint density at radius 1 is 1.12 bits per heavy atom. The lowest BCUT2D eigenvalue weighted by molar-refractivity contribution is -0.123. The minimum Gasteiger partial charge on any atom is -0.493 e. The summed E-state index contributed by atoms with van der Waals surface area (Å²) in [6.07, 6.45) is 0.748. The number of nitrogens with zero attached hydrogens (tertiary/aromatic N) is 2. The number of halogens is 1. The first-order valence-electron chi connectivity index (χ1n) is 10.7. The molecule has 0 saturated heterocycles. The van der Waals surface area contributed by atoms with Crippen LogP contribution in [-0.2, 0) is 16.0 Å². The van der Waals surface area contributed by atoms with Gasteiger partial charge in [-0.2, -0.15) is 0 Å². The number of amides is 2. The van der Waals surface area contributed by atoms with Gasteiger partial charge in [0.25, 0.3) is 0 Å². The normalized spacial score (nSPS) is 13.1. The van der Waals surface area contributed by atoms with Gasteiger partial charge in [-0.25, -0.2) is 4.99 Å². The van der Waals surface area contributed by atoms with Crippen LogP contribution in [0.1, 0.15) is 16.9 Å². The highest BCUT2D eigenvalue weighted by molar-refractivity contribution is 9.11. The Labute approximate surface area is 210 Å². The van der Waals surface area contributed by atoms with E-state index in [4.69, 9.17) is 14.5 Å². The molecule has 0 spiro atoms. The topological polar surface area (TPSA) is 80.2 Å². The fourth-order valence-corrected chi connectivity index (χ4v) is 5.08. The summed E-state index contributed by atoms with van der Waals surface area (Å²) in [5.41, 5.74) is 3.01. The quantitative estimate of drug-likeness (QED) is 0.446. The van der Waals surface area contributed by atoms with Gasteiger partial charge in [-0.15, -0.1) is 11.3 Å². The molecule has 0 radical (unpaired) electrons. The van der Waals surface area contributed by atoms with Crippen LogP contribution in [-0.4, -0.2) is 44.8 Å². The average molecular weight is 542 g/mol. The molecule has 0 unspecified atom stereocenters. The van der Waals surface area contributed by atoms with Crippen molar-refractivity contribution in [3.05, 3.63) is 68.8 Å². The van der Waals surface area contributed by atoms with Gasteiger partial charge in [0.2, 0.25) is 11.8 Å². The lowest BCUT2D eigenvalue weighted by Gasteiger charge is -2.22. The second kappa shape index (κ2) is 10.8. The van der Waals surface area contributed by atoms with Gasteiger partial charge >= 0.3 is 0 Å². The number of carbonyl (C=O) groups is 2. The van der Waals surface area contributed by atoms with E-state index in [1.54, 1.807) is 14.2 Å². The van der Waals surface area contributed by atoms with Crippen LogP contribution in [0.25, 0.3) is 0 Å². The molecule has 0 atom stereocenters. The highest BCUT2D eigenvalue weighted by Gasteiger charge is 2.27. The second-order valence-electron chi connectivity index (χ2n) is 7.60. The molecule has 2 heterocycles. The van der Waals surface area contributed by atoms with Gasteiger partial charge in [0.05, 0.1) is 46.4 Å². The Bertz CT molecular complexity index is 1240. The molecule has 2 aromatic carbocycles. The molecule has 0 bridgehead atoms. The molecule has 0 aliphatic carbocycles. The van der Waals surface area contributed by atoms with E-state index in [0.29, 0.717) is 41.6 Å². The number of aliphatic imine (C=N–C) groups is 1.